The summed E-state index contributed by atoms with van der Waals surface area (Å²) in [5, 5.41) is 15.5. The van der Waals surface area contributed by atoms with Crippen LogP contribution in [0, 0.1) is 0 Å². The Balaban J connectivity index is 2.32. The predicted molar refractivity (Wildman–Crippen MR) is 118 cm³/mol. The van der Waals surface area contributed by atoms with Gasteiger partial charge < -0.3 is 10.0 Å². The van der Waals surface area contributed by atoms with Gasteiger partial charge in [-0.25, -0.2) is 0 Å². The normalized spacial score (nSPS) is 12.2. The van der Waals surface area contributed by atoms with Crippen LogP contribution in [0.2, 0.25) is 0 Å². The third-order valence-corrected chi connectivity index (χ3v) is 5.45. The first-order valence-corrected chi connectivity index (χ1v) is 10.3. The molecule has 0 amide bonds. The molecule has 142 valence electrons. The van der Waals surface area contributed by atoms with Crippen molar-refractivity contribution in [2.75, 3.05) is 4.90 Å². The fourth-order valence-electron chi connectivity index (χ4n) is 3.18. The van der Waals surface area contributed by atoms with Crippen LogP contribution in [0.1, 0.15) is 52.7 Å². The SMILES string of the molecule is CC(C)(C)c1cc(N(c2ccccc2)c2ccsc2)c(O)c(C(C)(C)C)c1. The zero-order valence-electron chi connectivity index (χ0n) is 17.1. The van der Waals surface area contributed by atoms with Crippen LogP contribution in [-0.4, -0.2) is 5.11 Å². The lowest BCUT2D eigenvalue weighted by molar-refractivity contribution is 0.446. The van der Waals surface area contributed by atoms with Crippen molar-refractivity contribution in [3.8, 4) is 5.75 Å². The van der Waals surface area contributed by atoms with Crippen molar-refractivity contribution in [2.24, 2.45) is 0 Å². The quantitative estimate of drug-likeness (QED) is 0.508. The van der Waals surface area contributed by atoms with Crippen LogP contribution in [0.3, 0.4) is 0 Å². The number of para-hydroxylation sites is 1. The van der Waals surface area contributed by atoms with Gasteiger partial charge in [-0.1, -0.05) is 65.8 Å². The van der Waals surface area contributed by atoms with Gasteiger partial charge in [0.2, 0.25) is 0 Å². The number of thiophene rings is 1. The number of rotatable bonds is 3. The Bertz CT molecular complexity index is 900. The molecule has 1 heterocycles. The Morgan fingerprint density at radius 3 is 2.00 bits per heavy atom. The van der Waals surface area contributed by atoms with E-state index in [1.54, 1.807) is 11.3 Å². The molecular formula is C24H29NOS. The summed E-state index contributed by atoms with van der Waals surface area (Å²) in [7, 11) is 0. The van der Waals surface area contributed by atoms with Gasteiger partial charge in [0.1, 0.15) is 5.75 Å². The van der Waals surface area contributed by atoms with Crippen LogP contribution in [0.15, 0.2) is 59.3 Å². The zero-order valence-corrected chi connectivity index (χ0v) is 17.9. The third kappa shape index (κ3) is 4.03. The minimum atomic E-state index is -0.156. The summed E-state index contributed by atoms with van der Waals surface area (Å²) in [6.07, 6.45) is 0. The number of nitrogens with zero attached hydrogens (tertiary/aromatic N) is 1. The van der Waals surface area contributed by atoms with Crippen molar-refractivity contribution in [1.82, 2.24) is 0 Å². The van der Waals surface area contributed by atoms with Crippen molar-refractivity contribution in [3.05, 3.63) is 70.4 Å². The van der Waals surface area contributed by atoms with Crippen LogP contribution >= 0.6 is 11.3 Å². The number of benzene rings is 2. The highest BCUT2D eigenvalue weighted by Gasteiger charge is 2.28. The van der Waals surface area contributed by atoms with E-state index < -0.39 is 0 Å². The average molecular weight is 380 g/mol. The van der Waals surface area contributed by atoms with Gasteiger partial charge >= 0.3 is 0 Å². The topological polar surface area (TPSA) is 23.5 Å². The van der Waals surface area contributed by atoms with E-state index in [1.807, 2.05) is 18.2 Å². The molecule has 0 radical (unpaired) electrons. The minimum Gasteiger partial charge on any atom is -0.505 e. The van der Waals surface area contributed by atoms with E-state index >= 15 is 0 Å². The van der Waals surface area contributed by atoms with Crippen molar-refractivity contribution in [2.45, 2.75) is 52.4 Å². The van der Waals surface area contributed by atoms with Gasteiger partial charge in [-0.05, 0) is 46.0 Å². The van der Waals surface area contributed by atoms with E-state index in [0.717, 1.165) is 22.6 Å². The van der Waals surface area contributed by atoms with E-state index in [0.29, 0.717) is 5.75 Å². The summed E-state index contributed by atoms with van der Waals surface area (Å²) in [4.78, 5) is 2.15. The maximum atomic E-state index is 11.3. The molecule has 0 saturated heterocycles. The predicted octanol–water partition coefficient (Wildman–Crippen LogP) is 7.52. The Kier molecular flexibility index (Phi) is 5.09. The second-order valence-electron chi connectivity index (χ2n) is 9.04. The van der Waals surface area contributed by atoms with Crippen LogP contribution in [0.5, 0.6) is 5.75 Å². The molecule has 3 aromatic rings. The molecule has 0 fully saturated rings. The highest BCUT2D eigenvalue weighted by molar-refractivity contribution is 7.08. The van der Waals surface area contributed by atoms with E-state index in [9.17, 15) is 5.11 Å². The molecular weight excluding hydrogens is 350 g/mol. The van der Waals surface area contributed by atoms with Crippen molar-refractivity contribution in [3.63, 3.8) is 0 Å². The lowest BCUT2D eigenvalue weighted by atomic mass is 9.79. The molecule has 0 spiro atoms. The monoisotopic (exact) mass is 379 g/mol. The fourth-order valence-corrected chi connectivity index (χ4v) is 3.80. The van der Waals surface area contributed by atoms with E-state index in [4.69, 9.17) is 0 Å². The van der Waals surface area contributed by atoms with Crippen molar-refractivity contribution in [1.29, 1.82) is 0 Å². The van der Waals surface area contributed by atoms with Gasteiger partial charge in [0, 0.05) is 16.6 Å². The first-order chi connectivity index (χ1) is 12.6. The number of phenolic OH excluding ortho intramolecular Hbond substituents is 1. The minimum absolute atomic E-state index is 0.0144. The second-order valence-corrected chi connectivity index (χ2v) is 9.82. The van der Waals surface area contributed by atoms with Gasteiger partial charge in [-0.15, -0.1) is 0 Å². The molecule has 0 unspecified atom stereocenters. The summed E-state index contributed by atoms with van der Waals surface area (Å²) in [6.45, 7) is 13.1. The molecule has 0 aliphatic rings. The molecule has 1 aromatic heterocycles. The van der Waals surface area contributed by atoms with Crippen molar-refractivity contribution < 1.29 is 5.11 Å². The number of anilines is 3. The van der Waals surface area contributed by atoms with Gasteiger partial charge in [0.25, 0.3) is 0 Å². The summed E-state index contributed by atoms with van der Waals surface area (Å²) in [5.41, 5.74) is 4.95. The molecule has 3 rings (SSSR count). The van der Waals surface area contributed by atoms with Gasteiger partial charge in [0.05, 0.1) is 11.4 Å². The molecule has 0 bridgehead atoms. The number of hydrogen-bond acceptors (Lipinski definition) is 3. The molecule has 2 nitrogen and oxygen atoms in total. The summed E-state index contributed by atoms with van der Waals surface area (Å²) in [6, 6.07) is 16.6. The second kappa shape index (κ2) is 7.05. The molecule has 0 aliphatic heterocycles. The van der Waals surface area contributed by atoms with E-state index in [1.165, 1.54) is 5.56 Å². The molecule has 1 N–H and O–H groups in total. The lowest BCUT2D eigenvalue weighted by Crippen LogP contribution is -2.19. The first-order valence-electron chi connectivity index (χ1n) is 9.34. The molecule has 0 aliphatic carbocycles. The van der Waals surface area contributed by atoms with Gasteiger partial charge in [0.15, 0.2) is 0 Å². The lowest BCUT2D eigenvalue weighted by Gasteiger charge is -2.32. The smallest absolute Gasteiger partial charge is 0.143 e. The largest absolute Gasteiger partial charge is 0.505 e. The molecule has 2 aromatic carbocycles. The molecule has 3 heteroatoms. The maximum absolute atomic E-state index is 11.3. The standard InChI is InChI=1S/C24H29NOS/c1-23(2,3)17-14-20(24(4,5)6)22(26)21(15-17)25(19-12-13-27-16-19)18-10-8-7-9-11-18/h7-16,26H,1-6H3. The van der Waals surface area contributed by atoms with Crippen molar-refractivity contribution >= 4 is 28.4 Å². The Labute approximate surface area is 167 Å². The number of aromatic hydroxyl groups is 1. The highest BCUT2D eigenvalue weighted by Crippen LogP contribution is 2.46. The van der Waals surface area contributed by atoms with Gasteiger partial charge in [-0.2, -0.15) is 11.3 Å². The zero-order chi connectivity index (χ0) is 19.8. The maximum Gasteiger partial charge on any atom is 0.143 e. The first kappa shape index (κ1) is 19.5. The van der Waals surface area contributed by atoms with Crippen LogP contribution in [-0.2, 0) is 10.8 Å². The molecule has 0 atom stereocenters. The average Bonchev–Trinajstić information content (AvgIpc) is 3.09. The van der Waals surface area contributed by atoms with E-state index in [2.05, 4.69) is 87.5 Å². The van der Waals surface area contributed by atoms with Crippen LogP contribution in [0.25, 0.3) is 0 Å². The third-order valence-electron chi connectivity index (χ3n) is 4.78. The Morgan fingerprint density at radius 1 is 0.815 bits per heavy atom. The number of phenols is 1. The fraction of sp³-hybridized carbons (Fsp3) is 0.333. The summed E-state index contributed by atoms with van der Waals surface area (Å²) >= 11 is 1.66. The molecule has 27 heavy (non-hydrogen) atoms. The Hall–Kier alpha value is -2.26. The number of hydrogen-bond donors (Lipinski definition) is 1. The summed E-state index contributed by atoms with van der Waals surface area (Å²) < 4.78 is 0. The summed E-state index contributed by atoms with van der Waals surface area (Å²) in [5.74, 6) is 0.352. The Morgan fingerprint density at radius 2 is 1.48 bits per heavy atom. The van der Waals surface area contributed by atoms with E-state index in [-0.39, 0.29) is 10.8 Å². The molecule has 0 saturated carbocycles. The van der Waals surface area contributed by atoms with Crippen LogP contribution in [0.4, 0.5) is 17.1 Å². The highest BCUT2D eigenvalue weighted by atomic mass is 32.1. The van der Waals surface area contributed by atoms with Crippen LogP contribution < -0.4 is 4.90 Å². The van der Waals surface area contributed by atoms with Gasteiger partial charge in [-0.3, -0.25) is 0 Å².